The molecule has 1 fully saturated rings. The van der Waals surface area contributed by atoms with Gasteiger partial charge >= 0.3 is 0 Å². The van der Waals surface area contributed by atoms with E-state index in [9.17, 15) is 4.79 Å². The molecule has 0 aromatic heterocycles. The molecule has 3 rings (SSSR count). The van der Waals surface area contributed by atoms with Gasteiger partial charge in [-0.1, -0.05) is 30.3 Å². The highest BCUT2D eigenvalue weighted by Gasteiger charge is 2.17. The molecule has 0 radical (unpaired) electrons. The SMILES string of the molecule is COc1ccccc1/C(C)=N\NC(=O)CCN1CCN(c2ccccc2)CC1. The molecular weight excluding hydrogens is 352 g/mol. The van der Waals surface area contributed by atoms with E-state index in [0.29, 0.717) is 6.42 Å². The van der Waals surface area contributed by atoms with Crippen molar-refractivity contribution in [3.63, 3.8) is 0 Å². The second-order valence-electron chi connectivity index (χ2n) is 6.85. The Kier molecular flexibility index (Phi) is 7.03. The lowest BCUT2D eigenvalue weighted by atomic mass is 10.1. The number of methoxy groups -OCH3 is 1. The molecule has 2 aromatic carbocycles. The van der Waals surface area contributed by atoms with Gasteiger partial charge in [-0.3, -0.25) is 9.69 Å². The van der Waals surface area contributed by atoms with Crippen LogP contribution in [-0.2, 0) is 4.79 Å². The van der Waals surface area contributed by atoms with Crippen LogP contribution in [0.2, 0.25) is 0 Å². The van der Waals surface area contributed by atoms with Gasteiger partial charge in [-0.05, 0) is 31.2 Å². The number of anilines is 1. The predicted octanol–water partition coefficient (Wildman–Crippen LogP) is 2.75. The van der Waals surface area contributed by atoms with E-state index >= 15 is 0 Å². The van der Waals surface area contributed by atoms with Crippen molar-refractivity contribution in [1.29, 1.82) is 0 Å². The molecule has 1 saturated heterocycles. The Morgan fingerprint density at radius 2 is 1.71 bits per heavy atom. The molecule has 2 aromatic rings. The number of benzene rings is 2. The summed E-state index contributed by atoms with van der Waals surface area (Å²) in [5, 5.41) is 4.23. The molecule has 0 atom stereocenters. The molecule has 0 saturated carbocycles. The Morgan fingerprint density at radius 3 is 2.43 bits per heavy atom. The largest absolute Gasteiger partial charge is 0.496 e. The van der Waals surface area contributed by atoms with Crippen molar-refractivity contribution in [3.8, 4) is 5.75 Å². The quantitative estimate of drug-likeness (QED) is 0.593. The predicted molar refractivity (Wildman–Crippen MR) is 113 cm³/mol. The zero-order valence-electron chi connectivity index (χ0n) is 16.6. The third-order valence-electron chi connectivity index (χ3n) is 4.99. The van der Waals surface area contributed by atoms with Crippen LogP contribution in [-0.4, -0.2) is 56.4 Å². The topological polar surface area (TPSA) is 57.2 Å². The molecule has 0 bridgehead atoms. The molecule has 0 unspecified atom stereocenters. The van der Waals surface area contributed by atoms with Gasteiger partial charge in [-0.2, -0.15) is 5.10 Å². The average Bonchev–Trinajstić information content (AvgIpc) is 2.77. The summed E-state index contributed by atoms with van der Waals surface area (Å²) in [6.07, 6.45) is 0.439. The van der Waals surface area contributed by atoms with Crippen molar-refractivity contribution in [3.05, 3.63) is 60.2 Å². The number of hydrogen-bond acceptors (Lipinski definition) is 5. The van der Waals surface area contributed by atoms with Crippen LogP contribution in [0.15, 0.2) is 59.7 Å². The van der Waals surface area contributed by atoms with Gasteiger partial charge in [0, 0.05) is 50.4 Å². The molecular formula is C22H28N4O2. The molecule has 1 N–H and O–H groups in total. The van der Waals surface area contributed by atoms with E-state index < -0.39 is 0 Å². The van der Waals surface area contributed by atoms with E-state index in [1.165, 1.54) is 5.69 Å². The Labute approximate surface area is 166 Å². The Hall–Kier alpha value is -2.86. The molecule has 1 amide bonds. The van der Waals surface area contributed by atoms with Gasteiger partial charge in [0.1, 0.15) is 5.75 Å². The minimum Gasteiger partial charge on any atom is -0.496 e. The smallest absolute Gasteiger partial charge is 0.241 e. The summed E-state index contributed by atoms with van der Waals surface area (Å²) < 4.78 is 5.34. The number of nitrogens with zero attached hydrogens (tertiary/aromatic N) is 3. The van der Waals surface area contributed by atoms with E-state index in [-0.39, 0.29) is 5.91 Å². The number of rotatable bonds is 7. The highest BCUT2D eigenvalue weighted by molar-refractivity contribution is 6.01. The van der Waals surface area contributed by atoms with E-state index in [0.717, 1.165) is 49.7 Å². The maximum Gasteiger partial charge on any atom is 0.241 e. The van der Waals surface area contributed by atoms with Gasteiger partial charge in [0.05, 0.1) is 12.8 Å². The van der Waals surface area contributed by atoms with Crippen LogP contribution in [0.3, 0.4) is 0 Å². The highest BCUT2D eigenvalue weighted by Crippen LogP contribution is 2.18. The lowest BCUT2D eigenvalue weighted by Gasteiger charge is -2.36. The normalized spacial score (nSPS) is 15.4. The lowest BCUT2D eigenvalue weighted by molar-refractivity contribution is -0.121. The molecule has 148 valence electrons. The molecule has 6 heteroatoms. The standard InChI is InChI=1S/C22H28N4O2/c1-18(20-10-6-7-11-21(20)28-2)23-24-22(27)12-13-25-14-16-26(17-15-25)19-8-4-3-5-9-19/h3-11H,12-17H2,1-2H3,(H,24,27)/b23-18-. The second-order valence-corrected chi connectivity index (χ2v) is 6.85. The van der Waals surface area contributed by atoms with Gasteiger partial charge in [0.15, 0.2) is 0 Å². The molecule has 0 aliphatic carbocycles. The summed E-state index contributed by atoms with van der Waals surface area (Å²) in [6.45, 7) is 6.50. The van der Waals surface area contributed by atoms with Crippen LogP contribution in [0.25, 0.3) is 0 Å². The summed E-state index contributed by atoms with van der Waals surface area (Å²) in [4.78, 5) is 16.9. The van der Waals surface area contributed by atoms with Gasteiger partial charge in [-0.15, -0.1) is 0 Å². The van der Waals surface area contributed by atoms with Crippen LogP contribution in [0.1, 0.15) is 18.9 Å². The molecule has 28 heavy (non-hydrogen) atoms. The Balaban J connectivity index is 1.42. The maximum absolute atomic E-state index is 12.2. The first-order valence-corrected chi connectivity index (χ1v) is 9.66. The summed E-state index contributed by atoms with van der Waals surface area (Å²) in [7, 11) is 1.63. The van der Waals surface area contributed by atoms with Crippen LogP contribution in [0, 0.1) is 0 Å². The molecule has 1 aliphatic heterocycles. The van der Waals surface area contributed by atoms with Crippen LogP contribution in [0.4, 0.5) is 5.69 Å². The van der Waals surface area contributed by atoms with Crippen molar-refractivity contribution < 1.29 is 9.53 Å². The zero-order valence-corrected chi connectivity index (χ0v) is 16.6. The van der Waals surface area contributed by atoms with Crippen LogP contribution in [0.5, 0.6) is 5.75 Å². The van der Waals surface area contributed by atoms with E-state index in [4.69, 9.17) is 4.74 Å². The monoisotopic (exact) mass is 380 g/mol. The second kappa shape index (κ2) is 9.90. The van der Waals surface area contributed by atoms with Crippen molar-refractivity contribution in [2.75, 3.05) is 44.7 Å². The number of ether oxygens (including phenoxy) is 1. The van der Waals surface area contributed by atoms with Gasteiger partial charge in [-0.25, -0.2) is 5.43 Å². The maximum atomic E-state index is 12.2. The number of carbonyl (C=O) groups is 1. The van der Waals surface area contributed by atoms with Gasteiger partial charge < -0.3 is 9.64 Å². The Bertz CT molecular complexity index is 799. The summed E-state index contributed by atoms with van der Waals surface area (Å²) in [5.74, 6) is 0.675. The first-order chi connectivity index (χ1) is 13.7. The molecule has 1 aliphatic rings. The fourth-order valence-electron chi connectivity index (χ4n) is 3.33. The average molecular weight is 380 g/mol. The fourth-order valence-corrected chi connectivity index (χ4v) is 3.33. The molecule has 1 heterocycles. The first-order valence-electron chi connectivity index (χ1n) is 9.66. The minimum absolute atomic E-state index is 0.0697. The van der Waals surface area contributed by atoms with Gasteiger partial charge in [0.25, 0.3) is 0 Å². The molecule has 0 spiro atoms. The lowest BCUT2D eigenvalue weighted by Crippen LogP contribution is -2.47. The number of para-hydroxylation sites is 2. The van der Waals surface area contributed by atoms with E-state index in [1.54, 1.807) is 7.11 Å². The summed E-state index contributed by atoms with van der Waals surface area (Å²) in [5.41, 5.74) is 5.53. The zero-order chi connectivity index (χ0) is 19.8. The number of carbonyl (C=O) groups excluding carboxylic acids is 1. The number of amides is 1. The number of hydrogen-bond donors (Lipinski definition) is 1. The summed E-state index contributed by atoms with van der Waals surface area (Å²) in [6, 6.07) is 18.1. The van der Waals surface area contributed by atoms with E-state index in [1.807, 2.05) is 37.3 Å². The molecule has 6 nitrogen and oxygen atoms in total. The van der Waals surface area contributed by atoms with E-state index in [2.05, 4.69) is 44.6 Å². The number of piperazine rings is 1. The third-order valence-corrected chi connectivity index (χ3v) is 4.99. The van der Waals surface area contributed by atoms with Gasteiger partial charge in [0.2, 0.25) is 5.91 Å². The van der Waals surface area contributed by atoms with Crippen molar-refractivity contribution in [2.24, 2.45) is 5.10 Å². The van der Waals surface area contributed by atoms with Crippen LogP contribution >= 0.6 is 0 Å². The number of nitrogens with one attached hydrogen (secondary N) is 1. The minimum atomic E-state index is -0.0697. The highest BCUT2D eigenvalue weighted by atomic mass is 16.5. The van der Waals surface area contributed by atoms with Crippen molar-refractivity contribution in [2.45, 2.75) is 13.3 Å². The van der Waals surface area contributed by atoms with Crippen LogP contribution < -0.4 is 15.1 Å². The van der Waals surface area contributed by atoms with Crippen molar-refractivity contribution in [1.82, 2.24) is 10.3 Å². The summed E-state index contributed by atoms with van der Waals surface area (Å²) >= 11 is 0. The number of hydrazone groups is 1. The van der Waals surface area contributed by atoms with Crippen molar-refractivity contribution >= 4 is 17.3 Å². The third kappa shape index (κ3) is 5.33. The Morgan fingerprint density at radius 1 is 1.04 bits per heavy atom. The fraction of sp³-hybridized carbons (Fsp3) is 0.364. The first kappa shape index (κ1) is 19.9.